The Morgan fingerprint density at radius 3 is 2.45 bits per heavy atom. The summed E-state index contributed by atoms with van der Waals surface area (Å²) in [6, 6.07) is 7.57. The van der Waals surface area contributed by atoms with Crippen molar-refractivity contribution in [2.75, 3.05) is 20.2 Å². The summed E-state index contributed by atoms with van der Waals surface area (Å²) < 4.78 is 5.15. The summed E-state index contributed by atoms with van der Waals surface area (Å²) in [6.07, 6.45) is 5.67. The number of unbranched alkanes of at least 4 members (excludes halogenated alkanes) is 1. The molecule has 0 aliphatic carbocycles. The van der Waals surface area contributed by atoms with Crippen LogP contribution in [0.2, 0.25) is 0 Å². The Kier molecular flexibility index (Phi) is 5.60. The van der Waals surface area contributed by atoms with Gasteiger partial charge in [0.2, 0.25) is 0 Å². The molecule has 0 bridgehead atoms. The fraction of sp³-hybridized carbons (Fsp3) is 0.588. The van der Waals surface area contributed by atoms with Crippen LogP contribution in [-0.4, -0.2) is 36.9 Å². The SMILES string of the molecule is CCCCC(C(=O)c1ccc(OC)cc1)N1CCCC1. The third-order valence-corrected chi connectivity index (χ3v) is 4.09. The van der Waals surface area contributed by atoms with Crippen molar-refractivity contribution in [2.24, 2.45) is 0 Å². The lowest BCUT2D eigenvalue weighted by Crippen LogP contribution is -2.39. The van der Waals surface area contributed by atoms with Crippen LogP contribution in [0.15, 0.2) is 24.3 Å². The van der Waals surface area contributed by atoms with Gasteiger partial charge in [-0.25, -0.2) is 0 Å². The second kappa shape index (κ2) is 7.44. The van der Waals surface area contributed by atoms with Gasteiger partial charge in [-0.1, -0.05) is 19.8 Å². The smallest absolute Gasteiger partial charge is 0.179 e. The number of methoxy groups -OCH3 is 1. The van der Waals surface area contributed by atoms with Crippen molar-refractivity contribution in [3.63, 3.8) is 0 Å². The number of carbonyl (C=O) groups excluding carboxylic acids is 1. The molecule has 1 unspecified atom stereocenters. The quantitative estimate of drug-likeness (QED) is 0.713. The number of rotatable bonds is 7. The van der Waals surface area contributed by atoms with Crippen LogP contribution in [0, 0.1) is 0 Å². The number of carbonyl (C=O) groups is 1. The summed E-state index contributed by atoms with van der Waals surface area (Å²) in [4.78, 5) is 15.1. The standard InChI is InChI=1S/C17H25NO2/c1-3-4-7-16(18-12-5-6-13-18)17(19)14-8-10-15(20-2)11-9-14/h8-11,16H,3-7,12-13H2,1-2H3. The van der Waals surface area contributed by atoms with Gasteiger partial charge in [0.05, 0.1) is 13.2 Å². The average Bonchev–Trinajstić information content (AvgIpc) is 3.01. The molecule has 20 heavy (non-hydrogen) atoms. The number of hydrogen-bond acceptors (Lipinski definition) is 3. The number of hydrogen-bond donors (Lipinski definition) is 0. The molecule has 2 rings (SSSR count). The molecule has 1 atom stereocenters. The molecule has 0 amide bonds. The van der Waals surface area contributed by atoms with Gasteiger partial charge in [-0.15, -0.1) is 0 Å². The van der Waals surface area contributed by atoms with E-state index < -0.39 is 0 Å². The van der Waals surface area contributed by atoms with E-state index in [1.54, 1.807) is 7.11 Å². The summed E-state index contributed by atoms with van der Waals surface area (Å²) in [6.45, 7) is 4.31. The Morgan fingerprint density at radius 1 is 1.25 bits per heavy atom. The summed E-state index contributed by atoms with van der Waals surface area (Å²) in [5, 5.41) is 0. The van der Waals surface area contributed by atoms with Crippen molar-refractivity contribution in [1.82, 2.24) is 4.90 Å². The summed E-state index contributed by atoms with van der Waals surface area (Å²) in [7, 11) is 1.64. The molecule has 0 radical (unpaired) electrons. The first-order valence-electron chi connectivity index (χ1n) is 7.68. The van der Waals surface area contributed by atoms with Crippen LogP contribution in [-0.2, 0) is 0 Å². The van der Waals surface area contributed by atoms with E-state index in [2.05, 4.69) is 11.8 Å². The molecular weight excluding hydrogens is 250 g/mol. The minimum atomic E-state index is 0.0610. The Bertz CT molecular complexity index is 421. The third kappa shape index (κ3) is 3.60. The third-order valence-electron chi connectivity index (χ3n) is 4.09. The minimum Gasteiger partial charge on any atom is -0.497 e. The number of ketones is 1. The van der Waals surface area contributed by atoms with Crippen LogP contribution in [0.1, 0.15) is 49.4 Å². The Hall–Kier alpha value is -1.35. The zero-order chi connectivity index (χ0) is 14.4. The molecule has 3 heteroatoms. The van der Waals surface area contributed by atoms with Crippen LogP contribution in [0.25, 0.3) is 0 Å². The highest BCUT2D eigenvalue weighted by Gasteiger charge is 2.28. The molecule has 1 aliphatic heterocycles. The number of ether oxygens (including phenoxy) is 1. The Labute approximate surface area is 121 Å². The maximum atomic E-state index is 12.8. The van der Waals surface area contributed by atoms with Crippen LogP contribution in [0.5, 0.6) is 5.75 Å². The number of nitrogens with zero attached hydrogens (tertiary/aromatic N) is 1. The molecule has 0 saturated carbocycles. The Morgan fingerprint density at radius 2 is 1.90 bits per heavy atom. The molecule has 0 aromatic heterocycles. The van der Waals surface area contributed by atoms with Gasteiger partial charge in [-0.3, -0.25) is 9.69 Å². The summed E-state index contributed by atoms with van der Waals surface area (Å²) in [5.41, 5.74) is 0.804. The number of Topliss-reactive ketones (excluding diaryl/α,β-unsaturated/α-hetero) is 1. The zero-order valence-corrected chi connectivity index (χ0v) is 12.6. The molecule has 1 heterocycles. The highest BCUT2D eigenvalue weighted by molar-refractivity contribution is 6.00. The van der Waals surface area contributed by atoms with Crippen molar-refractivity contribution in [1.29, 1.82) is 0 Å². The number of likely N-dealkylation sites (tertiary alicyclic amines) is 1. The molecule has 0 N–H and O–H groups in total. The molecule has 1 fully saturated rings. The molecule has 1 saturated heterocycles. The van der Waals surface area contributed by atoms with Crippen molar-refractivity contribution >= 4 is 5.78 Å². The topological polar surface area (TPSA) is 29.5 Å². The monoisotopic (exact) mass is 275 g/mol. The maximum Gasteiger partial charge on any atom is 0.179 e. The van der Waals surface area contributed by atoms with E-state index in [1.807, 2.05) is 24.3 Å². The van der Waals surface area contributed by atoms with Crippen LogP contribution in [0.4, 0.5) is 0 Å². The lowest BCUT2D eigenvalue weighted by atomic mass is 9.98. The highest BCUT2D eigenvalue weighted by Crippen LogP contribution is 2.21. The molecular formula is C17H25NO2. The molecule has 1 aromatic rings. The van der Waals surface area contributed by atoms with Crippen LogP contribution >= 0.6 is 0 Å². The lowest BCUT2D eigenvalue weighted by Gasteiger charge is -2.26. The van der Waals surface area contributed by atoms with E-state index >= 15 is 0 Å². The second-order valence-corrected chi connectivity index (χ2v) is 5.49. The van der Waals surface area contributed by atoms with Gasteiger partial charge >= 0.3 is 0 Å². The van der Waals surface area contributed by atoms with E-state index in [0.717, 1.165) is 43.7 Å². The first kappa shape index (κ1) is 15.0. The predicted molar refractivity (Wildman–Crippen MR) is 81.4 cm³/mol. The first-order valence-corrected chi connectivity index (χ1v) is 7.68. The molecule has 3 nitrogen and oxygen atoms in total. The van der Waals surface area contributed by atoms with E-state index in [0.29, 0.717) is 0 Å². The fourth-order valence-electron chi connectivity index (χ4n) is 2.88. The number of benzene rings is 1. The second-order valence-electron chi connectivity index (χ2n) is 5.49. The largest absolute Gasteiger partial charge is 0.497 e. The zero-order valence-electron chi connectivity index (χ0n) is 12.6. The predicted octanol–water partition coefficient (Wildman–Crippen LogP) is 3.53. The van der Waals surface area contributed by atoms with E-state index in [1.165, 1.54) is 12.8 Å². The molecule has 0 spiro atoms. The summed E-state index contributed by atoms with van der Waals surface area (Å²) >= 11 is 0. The van der Waals surface area contributed by atoms with E-state index in [4.69, 9.17) is 4.74 Å². The Balaban J connectivity index is 2.11. The van der Waals surface area contributed by atoms with Gasteiger partial charge in [0.25, 0.3) is 0 Å². The summed E-state index contributed by atoms with van der Waals surface area (Å²) in [5.74, 6) is 1.07. The van der Waals surface area contributed by atoms with Crippen molar-refractivity contribution < 1.29 is 9.53 Å². The van der Waals surface area contributed by atoms with Crippen LogP contribution < -0.4 is 4.74 Å². The van der Waals surface area contributed by atoms with Gasteiger partial charge in [0.1, 0.15) is 5.75 Å². The van der Waals surface area contributed by atoms with Gasteiger partial charge in [0.15, 0.2) is 5.78 Å². The fourth-order valence-corrected chi connectivity index (χ4v) is 2.88. The first-order chi connectivity index (χ1) is 9.76. The molecule has 110 valence electrons. The van der Waals surface area contributed by atoms with Gasteiger partial charge in [-0.2, -0.15) is 0 Å². The van der Waals surface area contributed by atoms with Crippen molar-refractivity contribution in [2.45, 2.75) is 45.1 Å². The average molecular weight is 275 g/mol. The maximum absolute atomic E-state index is 12.8. The normalized spacial score (nSPS) is 17.1. The molecule has 1 aromatic carbocycles. The molecule has 1 aliphatic rings. The van der Waals surface area contributed by atoms with E-state index in [-0.39, 0.29) is 11.8 Å². The van der Waals surface area contributed by atoms with Crippen LogP contribution in [0.3, 0.4) is 0 Å². The minimum absolute atomic E-state index is 0.0610. The lowest BCUT2D eigenvalue weighted by molar-refractivity contribution is 0.0835. The van der Waals surface area contributed by atoms with Gasteiger partial charge < -0.3 is 4.74 Å². The van der Waals surface area contributed by atoms with Crippen molar-refractivity contribution in [3.05, 3.63) is 29.8 Å². The van der Waals surface area contributed by atoms with Crippen molar-refractivity contribution in [3.8, 4) is 5.75 Å². The van der Waals surface area contributed by atoms with Gasteiger partial charge in [-0.05, 0) is 56.6 Å². The highest BCUT2D eigenvalue weighted by atomic mass is 16.5. The van der Waals surface area contributed by atoms with Gasteiger partial charge in [0, 0.05) is 5.56 Å². The van der Waals surface area contributed by atoms with E-state index in [9.17, 15) is 4.79 Å².